The molecule has 29 heavy (non-hydrogen) atoms. The van der Waals surface area contributed by atoms with Gasteiger partial charge in [0.05, 0.1) is 25.4 Å². The minimum Gasteiger partial charge on any atom is -0.346 e. The summed E-state index contributed by atoms with van der Waals surface area (Å²) in [5, 5.41) is 0. The molecule has 1 fully saturated rings. The van der Waals surface area contributed by atoms with Crippen molar-refractivity contribution < 1.29 is 42.5 Å². The van der Waals surface area contributed by atoms with Gasteiger partial charge >= 0.3 is 5.69 Å². The molecule has 4 atom stereocenters. The molecule has 0 aromatic carbocycles. The van der Waals surface area contributed by atoms with Gasteiger partial charge in [0.1, 0.15) is 12.2 Å². The van der Waals surface area contributed by atoms with Crippen LogP contribution in [-0.4, -0.2) is 78.5 Å². The predicted octanol–water partition coefficient (Wildman–Crippen LogP) is -2.90. The van der Waals surface area contributed by atoms with E-state index >= 15 is 0 Å². The highest BCUT2D eigenvalue weighted by molar-refractivity contribution is 7.86. The van der Waals surface area contributed by atoms with Crippen LogP contribution in [0.3, 0.4) is 0 Å². The molecule has 1 aromatic rings. The Morgan fingerprint density at radius 1 is 0.966 bits per heavy atom. The molecule has 1 saturated heterocycles. The van der Waals surface area contributed by atoms with Crippen LogP contribution in [0.5, 0.6) is 0 Å². The average Bonchev–Trinajstić information content (AvgIpc) is 2.79. The molecule has 1 aliphatic heterocycles. The van der Waals surface area contributed by atoms with E-state index in [1.807, 2.05) is 4.98 Å². The minimum absolute atomic E-state index is 0.664. The summed E-state index contributed by atoms with van der Waals surface area (Å²) in [6.07, 6.45) is -3.51. The largest absolute Gasteiger partial charge is 0.346 e. The second-order valence-electron chi connectivity index (χ2n) is 6.10. The van der Waals surface area contributed by atoms with E-state index in [0.29, 0.717) is 12.5 Å². The molecule has 0 bridgehead atoms. The number of nitrogens with one attached hydrogen (secondary N) is 1. The fourth-order valence-electron chi connectivity index (χ4n) is 2.51. The van der Waals surface area contributed by atoms with E-state index < -0.39 is 72.8 Å². The zero-order valence-corrected chi connectivity index (χ0v) is 17.7. The van der Waals surface area contributed by atoms with Crippen LogP contribution in [-0.2, 0) is 47.6 Å². The topological polar surface area (TPSA) is 194 Å². The van der Waals surface area contributed by atoms with E-state index in [0.717, 1.165) is 23.1 Å². The van der Waals surface area contributed by atoms with Gasteiger partial charge in [-0.05, 0) is 0 Å². The van der Waals surface area contributed by atoms with Gasteiger partial charge in [-0.3, -0.25) is 26.9 Å². The van der Waals surface area contributed by atoms with E-state index in [-0.39, 0.29) is 0 Å². The third-order valence-corrected chi connectivity index (χ3v) is 5.14. The first kappa shape index (κ1) is 23.6. The van der Waals surface area contributed by atoms with Gasteiger partial charge in [0.15, 0.2) is 12.3 Å². The van der Waals surface area contributed by atoms with Crippen LogP contribution >= 0.6 is 0 Å². The average molecular weight is 478 g/mol. The Kier molecular flexibility index (Phi) is 6.72. The van der Waals surface area contributed by atoms with Crippen molar-refractivity contribution in [3.8, 4) is 0 Å². The molecule has 0 radical (unpaired) electrons. The summed E-state index contributed by atoms with van der Waals surface area (Å²) in [5.41, 5.74) is -1.78. The molecule has 1 N–H and O–H groups in total. The van der Waals surface area contributed by atoms with E-state index in [2.05, 4.69) is 4.18 Å². The summed E-state index contributed by atoms with van der Waals surface area (Å²) >= 11 is 0. The summed E-state index contributed by atoms with van der Waals surface area (Å²) < 4.78 is 89.7. The number of aromatic amines is 1. The van der Waals surface area contributed by atoms with E-state index in [4.69, 9.17) is 13.1 Å². The number of rotatable bonds is 8. The van der Waals surface area contributed by atoms with Crippen molar-refractivity contribution in [2.45, 2.75) is 24.5 Å². The Balaban J connectivity index is 2.55. The van der Waals surface area contributed by atoms with E-state index in [1.54, 1.807) is 0 Å². The third kappa shape index (κ3) is 6.98. The van der Waals surface area contributed by atoms with Gasteiger partial charge in [0.25, 0.3) is 35.9 Å². The Morgan fingerprint density at radius 3 is 2.00 bits per heavy atom. The Labute approximate surface area is 165 Å². The summed E-state index contributed by atoms with van der Waals surface area (Å²) in [7, 11) is -12.4. The molecule has 1 aliphatic rings. The highest BCUT2D eigenvalue weighted by atomic mass is 32.2. The molecule has 0 saturated carbocycles. The number of H-pyrrole nitrogens is 1. The number of aromatic nitrogens is 2. The number of hydrogen-bond donors (Lipinski definition) is 1. The number of ether oxygens (including phenoxy) is 1. The first-order valence-electron chi connectivity index (χ1n) is 7.63. The lowest BCUT2D eigenvalue weighted by Crippen LogP contribution is -2.42. The summed E-state index contributed by atoms with van der Waals surface area (Å²) in [6, 6.07) is 0.926. The molecule has 1 aromatic heterocycles. The molecule has 2 rings (SSSR count). The minimum atomic E-state index is -4.23. The van der Waals surface area contributed by atoms with Gasteiger partial charge in [0.2, 0.25) is 0 Å². The fraction of sp³-hybridized carbons (Fsp3) is 0.667. The van der Waals surface area contributed by atoms with E-state index in [1.165, 1.54) is 0 Å². The Morgan fingerprint density at radius 2 is 1.52 bits per heavy atom. The van der Waals surface area contributed by atoms with Crippen molar-refractivity contribution in [2.75, 3.05) is 25.4 Å². The van der Waals surface area contributed by atoms with Crippen LogP contribution in [0.15, 0.2) is 21.9 Å². The molecule has 0 aliphatic carbocycles. The van der Waals surface area contributed by atoms with E-state index in [9.17, 15) is 34.8 Å². The second kappa shape index (κ2) is 8.25. The zero-order chi connectivity index (χ0) is 22.2. The smallest absolute Gasteiger partial charge is 0.330 e. The van der Waals surface area contributed by atoms with Crippen LogP contribution < -0.4 is 11.2 Å². The molecular formula is C12H18N2O12S3. The fourth-order valence-corrected chi connectivity index (χ4v) is 4.13. The lowest BCUT2D eigenvalue weighted by Gasteiger charge is -2.22. The van der Waals surface area contributed by atoms with Gasteiger partial charge < -0.3 is 4.74 Å². The molecular weight excluding hydrogens is 460 g/mol. The first-order valence-corrected chi connectivity index (χ1v) is 13.1. The molecule has 17 heteroatoms. The van der Waals surface area contributed by atoms with Gasteiger partial charge in [-0.1, -0.05) is 0 Å². The molecule has 0 unspecified atom stereocenters. The van der Waals surface area contributed by atoms with Crippen molar-refractivity contribution in [1.29, 1.82) is 0 Å². The van der Waals surface area contributed by atoms with Gasteiger partial charge in [0, 0.05) is 12.3 Å². The SMILES string of the molecule is CS(=O)(=O)OC[C@H]1O[C@@H](n2ccc(=O)[nH]c2=O)[C@H](OS(C)(=O)=O)[C@@H]1OS(C)(=O)=O. The standard InChI is InChI=1S/C12H18N2O12S3/c1-27(17,18)23-6-7-9(25-28(2,19)20)10(26-29(3,21)22)11(24-7)14-5-4-8(15)13-12(14)16/h4-5,7,9-11H,6H2,1-3H3,(H,13,15,16)/t7-,9-,10-,11-/m1/s1. The van der Waals surface area contributed by atoms with Gasteiger partial charge in [-0.25, -0.2) is 4.79 Å². The highest BCUT2D eigenvalue weighted by Gasteiger charge is 2.51. The highest BCUT2D eigenvalue weighted by Crippen LogP contribution is 2.35. The number of nitrogens with zero attached hydrogens (tertiary/aromatic N) is 1. The summed E-state index contributed by atoms with van der Waals surface area (Å²) in [6.45, 7) is -0.767. The maximum absolute atomic E-state index is 12.1. The zero-order valence-electron chi connectivity index (χ0n) is 15.2. The van der Waals surface area contributed by atoms with Crippen LogP contribution in [0.1, 0.15) is 6.23 Å². The van der Waals surface area contributed by atoms with Crippen LogP contribution in [0.4, 0.5) is 0 Å². The normalized spacial score (nSPS) is 25.9. The van der Waals surface area contributed by atoms with Gasteiger partial charge in [-0.2, -0.15) is 25.3 Å². The van der Waals surface area contributed by atoms with Crippen molar-refractivity contribution >= 4 is 30.4 Å². The molecule has 0 spiro atoms. The van der Waals surface area contributed by atoms with Crippen molar-refractivity contribution in [1.82, 2.24) is 9.55 Å². The van der Waals surface area contributed by atoms with Gasteiger partial charge in [-0.15, -0.1) is 0 Å². The molecule has 2 heterocycles. The van der Waals surface area contributed by atoms with Crippen LogP contribution in [0.2, 0.25) is 0 Å². The van der Waals surface area contributed by atoms with Crippen LogP contribution in [0.25, 0.3) is 0 Å². The molecule has 14 nitrogen and oxygen atoms in total. The van der Waals surface area contributed by atoms with Crippen molar-refractivity contribution in [2.24, 2.45) is 0 Å². The number of hydrogen-bond acceptors (Lipinski definition) is 12. The lowest BCUT2D eigenvalue weighted by molar-refractivity contribution is -0.0457. The predicted molar refractivity (Wildman–Crippen MR) is 95.5 cm³/mol. The molecule has 166 valence electrons. The monoisotopic (exact) mass is 478 g/mol. The van der Waals surface area contributed by atoms with Crippen molar-refractivity contribution in [3.05, 3.63) is 33.1 Å². The quantitative estimate of drug-likeness (QED) is 0.375. The Bertz CT molecular complexity index is 1180. The Hall–Kier alpha value is -1.63. The maximum Gasteiger partial charge on any atom is 0.330 e. The lowest BCUT2D eigenvalue weighted by atomic mass is 10.1. The van der Waals surface area contributed by atoms with Crippen LogP contribution in [0, 0.1) is 0 Å². The summed E-state index contributed by atoms with van der Waals surface area (Å²) in [5.74, 6) is 0. The second-order valence-corrected chi connectivity index (χ2v) is 10.9. The molecule has 0 amide bonds. The maximum atomic E-state index is 12.1. The first-order chi connectivity index (χ1) is 13.1. The summed E-state index contributed by atoms with van der Waals surface area (Å²) in [4.78, 5) is 25.3. The third-order valence-electron chi connectivity index (χ3n) is 3.43. The van der Waals surface area contributed by atoms with Crippen molar-refractivity contribution in [3.63, 3.8) is 0 Å².